The van der Waals surface area contributed by atoms with Crippen LogP contribution in [0.15, 0.2) is 46.9 Å². The summed E-state index contributed by atoms with van der Waals surface area (Å²) in [5.74, 6) is -0.902. The molecule has 0 bridgehead atoms. The Labute approximate surface area is 148 Å². The lowest BCUT2D eigenvalue weighted by molar-refractivity contribution is 0.0696. The van der Waals surface area contributed by atoms with Crippen LogP contribution in [0.1, 0.15) is 40.5 Å². The minimum absolute atomic E-state index is 0.112. The van der Waals surface area contributed by atoms with Gasteiger partial charge in [-0.15, -0.1) is 0 Å². The molecule has 0 aliphatic carbocycles. The topological polar surface area (TPSA) is 75.6 Å². The summed E-state index contributed by atoms with van der Waals surface area (Å²) < 4.78 is 6.44. The van der Waals surface area contributed by atoms with Crippen LogP contribution in [0.4, 0.5) is 5.69 Å². The molecule has 0 heterocycles. The van der Waals surface area contributed by atoms with Gasteiger partial charge in [-0.3, -0.25) is 4.79 Å². The number of carboxylic acids is 1. The number of nitrogens with one attached hydrogen (secondary N) is 1. The molecule has 5 nitrogen and oxygen atoms in total. The summed E-state index contributed by atoms with van der Waals surface area (Å²) in [6.07, 6.45) is 1.90. The monoisotopic (exact) mass is 391 g/mol. The Kier molecular flexibility index (Phi) is 6.37. The second-order valence-electron chi connectivity index (χ2n) is 5.18. The van der Waals surface area contributed by atoms with E-state index in [9.17, 15) is 9.59 Å². The molecule has 2 aromatic carbocycles. The first-order valence-electron chi connectivity index (χ1n) is 7.58. The molecule has 0 aliphatic heterocycles. The molecule has 2 aromatic rings. The van der Waals surface area contributed by atoms with Crippen LogP contribution >= 0.6 is 15.9 Å². The summed E-state index contributed by atoms with van der Waals surface area (Å²) in [5, 5.41) is 11.7. The van der Waals surface area contributed by atoms with Crippen LogP contribution in [0, 0.1) is 0 Å². The Morgan fingerprint density at radius 1 is 1.21 bits per heavy atom. The van der Waals surface area contributed by atoms with Gasteiger partial charge in [-0.25, -0.2) is 4.79 Å². The molecule has 0 unspecified atom stereocenters. The molecule has 24 heavy (non-hydrogen) atoms. The number of unbranched alkanes of at least 4 members (excludes halogenated alkanes) is 1. The second kappa shape index (κ2) is 8.49. The van der Waals surface area contributed by atoms with Crippen LogP contribution < -0.4 is 10.1 Å². The SMILES string of the molecule is CCCCOc1ccc(Br)cc1C(=O)Nc1cccc(C(=O)O)c1. The van der Waals surface area contributed by atoms with E-state index in [-0.39, 0.29) is 11.5 Å². The molecule has 0 aromatic heterocycles. The van der Waals surface area contributed by atoms with Gasteiger partial charge in [0, 0.05) is 10.2 Å². The first-order valence-corrected chi connectivity index (χ1v) is 8.37. The molecular formula is C18H18BrNO4. The molecule has 126 valence electrons. The molecule has 0 fully saturated rings. The third-order valence-electron chi connectivity index (χ3n) is 3.31. The van der Waals surface area contributed by atoms with Gasteiger partial charge in [0.05, 0.1) is 17.7 Å². The molecule has 2 N–H and O–H groups in total. The molecule has 0 spiro atoms. The lowest BCUT2D eigenvalue weighted by atomic mass is 10.1. The fraction of sp³-hybridized carbons (Fsp3) is 0.222. The van der Waals surface area contributed by atoms with Gasteiger partial charge >= 0.3 is 5.97 Å². The van der Waals surface area contributed by atoms with Crippen molar-refractivity contribution in [2.45, 2.75) is 19.8 Å². The lowest BCUT2D eigenvalue weighted by Gasteiger charge is -2.12. The number of ether oxygens (including phenoxy) is 1. The number of hydrogen-bond donors (Lipinski definition) is 2. The normalized spacial score (nSPS) is 10.2. The van der Waals surface area contributed by atoms with E-state index < -0.39 is 5.97 Å². The minimum Gasteiger partial charge on any atom is -0.493 e. The molecule has 0 aliphatic rings. The number of benzene rings is 2. The van der Waals surface area contributed by atoms with Crippen molar-refractivity contribution in [3.63, 3.8) is 0 Å². The Balaban J connectivity index is 2.21. The highest BCUT2D eigenvalue weighted by molar-refractivity contribution is 9.10. The standard InChI is InChI=1S/C18H18BrNO4/c1-2-3-9-24-16-8-7-13(19)11-15(16)17(21)20-14-6-4-5-12(10-14)18(22)23/h4-8,10-11H,2-3,9H2,1H3,(H,20,21)(H,22,23). The highest BCUT2D eigenvalue weighted by atomic mass is 79.9. The third-order valence-corrected chi connectivity index (χ3v) is 3.80. The third kappa shape index (κ3) is 4.83. The summed E-state index contributed by atoms with van der Waals surface area (Å²) in [6.45, 7) is 2.60. The maximum Gasteiger partial charge on any atom is 0.335 e. The summed E-state index contributed by atoms with van der Waals surface area (Å²) in [4.78, 5) is 23.6. The Morgan fingerprint density at radius 2 is 2.00 bits per heavy atom. The fourth-order valence-corrected chi connectivity index (χ4v) is 2.42. The Morgan fingerprint density at radius 3 is 2.71 bits per heavy atom. The molecular weight excluding hydrogens is 374 g/mol. The number of anilines is 1. The van der Waals surface area contributed by atoms with Crippen LogP contribution in [0.5, 0.6) is 5.75 Å². The van der Waals surface area contributed by atoms with Gasteiger partial charge in [-0.2, -0.15) is 0 Å². The van der Waals surface area contributed by atoms with Crippen molar-refractivity contribution in [3.8, 4) is 5.75 Å². The van der Waals surface area contributed by atoms with Crippen molar-refractivity contribution in [1.29, 1.82) is 0 Å². The van der Waals surface area contributed by atoms with Crippen LogP contribution in [0.2, 0.25) is 0 Å². The highest BCUT2D eigenvalue weighted by Crippen LogP contribution is 2.25. The van der Waals surface area contributed by atoms with Crippen molar-refractivity contribution < 1.29 is 19.4 Å². The number of carbonyl (C=O) groups is 2. The van der Waals surface area contributed by atoms with Crippen molar-refractivity contribution in [1.82, 2.24) is 0 Å². The zero-order valence-corrected chi connectivity index (χ0v) is 14.8. The Hall–Kier alpha value is -2.34. The molecule has 0 atom stereocenters. The molecule has 0 saturated carbocycles. The largest absolute Gasteiger partial charge is 0.493 e. The van der Waals surface area contributed by atoms with E-state index in [0.717, 1.165) is 17.3 Å². The van der Waals surface area contributed by atoms with Gasteiger partial charge in [-0.1, -0.05) is 35.3 Å². The van der Waals surface area contributed by atoms with Crippen LogP contribution in [0.25, 0.3) is 0 Å². The van der Waals surface area contributed by atoms with Gasteiger partial charge in [0.15, 0.2) is 0 Å². The van der Waals surface area contributed by atoms with Crippen molar-refractivity contribution in [2.75, 3.05) is 11.9 Å². The number of amides is 1. The molecule has 6 heteroatoms. The molecule has 1 amide bonds. The van der Waals surface area contributed by atoms with Gasteiger partial charge in [0.2, 0.25) is 0 Å². The van der Waals surface area contributed by atoms with Gasteiger partial charge < -0.3 is 15.2 Å². The first kappa shape index (κ1) is 18.0. The zero-order valence-electron chi connectivity index (χ0n) is 13.2. The first-order chi connectivity index (χ1) is 11.5. The smallest absolute Gasteiger partial charge is 0.335 e. The minimum atomic E-state index is -1.04. The van der Waals surface area contributed by atoms with Gasteiger partial charge in [-0.05, 0) is 42.8 Å². The summed E-state index contributed by atoms with van der Waals surface area (Å²) >= 11 is 3.35. The van der Waals surface area contributed by atoms with E-state index in [2.05, 4.69) is 28.2 Å². The van der Waals surface area contributed by atoms with Crippen molar-refractivity contribution in [3.05, 3.63) is 58.1 Å². The number of halogens is 1. The number of hydrogen-bond acceptors (Lipinski definition) is 3. The average Bonchev–Trinajstić information content (AvgIpc) is 2.56. The summed E-state index contributed by atoms with van der Waals surface area (Å²) in [5.41, 5.74) is 0.919. The quantitative estimate of drug-likeness (QED) is 0.677. The summed E-state index contributed by atoms with van der Waals surface area (Å²) in [7, 11) is 0. The van der Waals surface area contributed by atoms with E-state index in [0.29, 0.717) is 23.6 Å². The summed E-state index contributed by atoms with van der Waals surface area (Å²) in [6, 6.07) is 11.3. The maximum absolute atomic E-state index is 12.5. The Bertz CT molecular complexity index is 746. The molecule has 0 radical (unpaired) electrons. The van der Waals surface area contributed by atoms with Crippen molar-refractivity contribution in [2.24, 2.45) is 0 Å². The number of rotatable bonds is 7. The number of aromatic carboxylic acids is 1. The second-order valence-corrected chi connectivity index (χ2v) is 6.10. The van der Waals surface area contributed by atoms with E-state index in [4.69, 9.17) is 9.84 Å². The highest BCUT2D eigenvalue weighted by Gasteiger charge is 2.14. The average molecular weight is 392 g/mol. The van der Waals surface area contributed by atoms with Gasteiger partial charge in [0.25, 0.3) is 5.91 Å². The van der Waals surface area contributed by atoms with Crippen LogP contribution in [-0.2, 0) is 0 Å². The van der Waals surface area contributed by atoms with E-state index in [1.807, 2.05) is 6.07 Å². The van der Waals surface area contributed by atoms with E-state index >= 15 is 0 Å². The fourth-order valence-electron chi connectivity index (χ4n) is 2.06. The van der Waals surface area contributed by atoms with Gasteiger partial charge in [0.1, 0.15) is 5.75 Å². The predicted molar refractivity (Wildman–Crippen MR) is 95.9 cm³/mol. The van der Waals surface area contributed by atoms with E-state index in [1.54, 1.807) is 24.3 Å². The van der Waals surface area contributed by atoms with Crippen molar-refractivity contribution >= 4 is 33.5 Å². The van der Waals surface area contributed by atoms with Crippen LogP contribution in [0.3, 0.4) is 0 Å². The maximum atomic E-state index is 12.5. The zero-order chi connectivity index (χ0) is 17.5. The number of carboxylic acid groups (broad SMARTS) is 1. The van der Waals surface area contributed by atoms with E-state index in [1.165, 1.54) is 12.1 Å². The molecule has 0 saturated heterocycles. The number of carbonyl (C=O) groups excluding carboxylic acids is 1. The lowest BCUT2D eigenvalue weighted by Crippen LogP contribution is -2.14. The molecule has 2 rings (SSSR count). The predicted octanol–water partition coefficient (Wildman–Crippen LogP) is 4.58. The van der Waals surface area contributed by atoms with Crippen LogP contribution in [-0.4, -0.2) is 23.6 Å².